The van der Waals surface area contributed by atoms with E-state index in [0.29, 0.717) is 23.9 Å². The minimum atomic E-state index is 0.443. The molecule has 0 amide bonds. The lowest BCUT2D eigenvalue weighted by Crippen LogP contribution is -2.02. The van der Waals surface area contributed by atoms with Crippen molar-refractivity contribution in [3.63, 3.8) is 0 Å². The summed E-state index contributed by atoms with van der Waals surface area (Å²) in [5, 5.41) is 0. The van der Waals surface area contributed by atoms with E-state index >= 15 is 0 Å². The first kappa shape index (κ1) is 21.4. The van der Waals surface area contributed by atoms with Crippen LogP contribution < -0.4 is 23.7 Å². The summed E-state index contributed by atoms with van der Waals surface area (Å²) in [5.41, 5.74) is 3.35. The molecule has 0 saturated heterocycles. The second-order valence-corrected chi connectivity index (χ2v) is 6.79. The first-order valence-corrected chi connectivity index (χ1v) is 9.81. The number of hydrogen-bond donors (Lipinski definition) is 0. The average Bonchev–Trinajstić information content (AvgIpc) is 2.81. The van der Waals surface area contributed by atoms with Crippen molar-refractivity contribution in [1.29, 1.82) is 0 Å². The lowest BCUT2D eigenvalue weighted by Gasteiger charge is -2.16. The molecular formula is C25H28O5. The van der Waals surface area contributed by atoms with Gasteiger partial charge in [0, 0.05) is 0 Å². The van der Waals surface area contributed by atoms with Gasteiger partial charge in [0.15, 0.2) is 23.0 Å². The first-order chi connectivity index (χ1) is 14.7. The van der Waals surface area contributed by atoms with E-state index in [-0.39, 0.29) is 0 Å². The fourth-order valence-corrected chi connectivity index (χ4v) is 3.28. The maximum Gasteiger partial charge on any atom is 0.203 e. The number of ether oxygens (including phenoxy) is 5. The lowest BCUT2D eigenvalue weighted by atomic mass is 10.0. The van der Waals surface area contributed by atoms with Crippen molar-refractivity contribution < 1.29 is 23.7 Å². The fourth-order valence-electron chi connectivity index (χ4n) is 3.28. The Morgan fingerprint density at radius 2 is 1.10 bits per heavy atom. The van der Waals surface area contributed by atoms with Crippen molar-refractivity contribution in [2.75, 3.05) is 28.4 Å². The molecule has 158 valence electrons. The number of hydrogen-bond acceptors (Lipinski definition) is 5. The largest absolute Gasteiger partial charge is 0.493 e. The Balaban J connectivity index is 1.76. The highest BCUT2D eigenvalue weighted by Crippen LogP contribution is 2.39. The molecule has 0 heterocycles. The summed E-state index contributed by atoms with van der Waals surface area (Å²) in [7, 11) is 6.56. The zero-order chi connectivity index (χ0) is 21.3. The standard InChI is InChI=1S/C25H28O5/c1-26-21-13-12-18(14-22(21)27-2)10-11-20-15-23(28-3)25(24(16-20)29-4)30-17-19-8-6-5-7-9-19/h5-9,12-16H,10-11,17H2,1-4H3. The average molecular weight is 408 g/mol. The van der Waals surface area contributed by atoms with Crippen LogP contribution in [0.15, 0.2) is 60.7 Å². The van der Waals surface area contributed by atoms with E-state index in [4.69, 9.17) is 23.7 Å². The van der Waals surface area contributed by atoms with E-state index in [1.165, 1.54) is 0 Å². The van der Waals surface area contributed by atoms with Gasteiger partial charge in [0.05, 0.1) is 28.4 Å². The van der Waals surface area contributed by atoms with Crippen molar-refractivity contribution in [1.82, 2.24) is 0 Å². The van der Waals surface area contributed by atoms with Gasteiger partial charge in [0.25, 0.3) is 0 Å². The molecule has 0 aliphatic heterocycles. The van der Waals surface area contributed by atoms with Crippen LogP contribution in [-0.4, -0.2) is 28.4 Å². The molecule has 0 aromatic heterocycles. The van der Waals surface area contributed by atoms with Crippen LogP contribution in [-0.2, 0) is 19.4 Å². The van der Waals surface area contributed by atoms with Gasteiger partial charge in [-0.25, -0.2) is 0 Å². The second-order valence-electron chi connectivity index (χ2n) is 6.79. The van der Waals surface area contributed by atoms with Gasteiger partial charge >= 0.3 is 0 Å². The maximum absolute atomic E-state index is 6.03. The van der Waals surface area contributed by atoms with Gasteiger partial charge in [0.1, 0.15) is 6.61 Å². The van der Waals surface area contributed by atoms with E-state index < -0.39 is 0 Å². The summed E-state index contributed by atoms with van der Waals surface area (Å²) in [4.78, 5) is 0. The molecule has 5 heteroatoms. The molecule has 0 aliphatic carbocycles. The third-order valence-electron chi connectivity index (χ3n) is 4.90. The summed E-state index contributed by atoms with van der Waals surface area (Å²) < 4.78 is 27.9. The van der Waals surface area contributed by atoms with Crippen molar-refractivity contribution in [3.05, 3.63) is 77.4 Å². The summed E-state index contributed by atoms with van der Waals surface area (Å²) >= 11 is 0. The SMILES string of the molecule is COc1ccc(CCc2cc(OC)c(OCc3ccccc3)c(OC)c2)cc1OC. The van der Waals surface area contributed by atoms with Crippen LogP contribution in [0.1, 0.15) is 16.7 Å². The van der Waals surface area contributed by atoms with Crippen LogP contribution in [0.2, 0.25) is 0 Å². The number of methoxy groups -OCH3 is 4. The van der Waals surface area contributed by atoms with E-state index in [0.717, 1.165) is 41.0 Å². The van der Waals surface area contributed by atoms with Gasteiger partial charge in [-0.1, -0.05) is 36.4 Å². The highest BCUT2D eigenvalue weighted by Gasteiger charge is 2.15. The van der Waals surface area contributed by atoms with Crippen molar-refractivity contribution in [2.24, 2.45) is 0 Å². The predicted molar refractivity (Wildman–Crippen MR) is 117 cm³/mol. The molecule has 3 rings (SSSR count). The fraction of sp³-hybridized carbons (Fsp3) is 0.280. The maximum atomic E-state index is 6.03. The topological polar surface area (TPSA) is 46.2 Å². The van der Waals surface area contributed by atoms with Crippen LogP contribution in [0.5, 0.6) is 28.7 Å². The van der Waals surface area contributed by atoms with Crippen LogP contribution >= 0.6 is 0 Å². The van der Waals surface area contributed by atoms with E-state index in [2.05, 4.69) is 0 Å². The molecule has 0 bridgehead atoms. The molecule has 0 aliphatic rings. The molecule has 0 unspecified atom stereocenters. The molecule has 0 fully saturated rings. The number of rotatable bonds is 10. The van der Waals surface area contributed by atoms with Crippen molar-refractivity contribution >= 4 is 0 Å². The van der Waals surface area contributed by atoms with Gasteiger partial charge in [-0.2, -0.15) is 0 Å². The highest BCUT2D eigenvalue weighted by molar-refractivity contribution is 5.54. The molecule has 3 aromatic carbocycles. The Hall–Kier alpha value is -3.34. The first-order valence-electron chi connectivity index (χ1n) is 9.81. The van der Waals surface area contributed by atoms with Gasteiger partial charge in [-0.3, -0.25) is 0 Å². The Morgan fingerprint density at radius 1 is 0.533 bits per heavy atom. The quantitative estimate of drug-likeness (QED) is 0.468. The molecule has 0 saturated carbocycles. The predicted octanol–water partition coefficient (Wildman–Crippen LogP) is 5.09. The molecule has 3 aromatic rings. The van der Waals surface area contributed by atoms with E-state index in [1.807, 2.05) is 60.7 Å². The van der Waals surface area contributed by atoms with Crippen LogP contribution in [0, 0.1) is 0 Å². The molecule has 0 radical (unpaired) electrons. The molecule has 0 N–H and O–H groups in total. The molecule has 0 atom stereocenters. The Labute approximate surface area is 178 Å². The van der Waals surface area contributed by atoms with Gasteiger partial charge < -0.3 is 23.7 Å². The minimum Gasteiger partial charge on any atom is -0.493 e. The Morgan fingerprint density at radius 3 is 1.70 bits per heavy atom. The summed E-state index contributed by atoms with van der Waals surface area (Å²) in [6, 6.07) is 20.0. The minimum absolute atomic E-state index is 0.443. The molecule has 0 spiro atoms. The Bertz CT molecular complexity index is 928. The van der Waals surface area contributed by atoms with Crippen molar-refractivity contribution in [3.8, 4) is 28.7 Å². The summed E-state index contributed by atoms with van der Waals surface area (Å²) in [6.45, 7) is 0.443. The van der Waals surface area contributed by atoms with Gasteiger partial charge in [-0.15, -0.1) is 0 Å². The number of benzene rings is 3. The molecule has 5 nitrogen and oxygen atoms in total. The normalized spacial score (nSPS) is 10.4. The van der Waals surface area contributed by atoms with Gasteiger partial charge in [-0.05, 0) is 53.8 Å². The second kappa shape index (κ2) is 10.4. The Kier molecular flexibility index (Phi) is 7.44. The van der Waals surface area contributed by atoms with Crippen LogP contribution in [0.4, 0.5) is 0 Å². The van der Waals surface area contributed by atoms with Crippen LogP contribution in [0.25, 0.3) is 0 Å². The zero-order valence-corrected chi connectivity index (χ0v) is 17.9. The van der Waals surface area contributed by atoms with E-state index in [1.54, 1.807) is 28.4 Å². The monoisotopic (exact) mass is 408 g/mol. The highest BCUT2D eigenvalue weighted by atomic mass is 16.5. The zero-order valence-electron chi connectivity index (χ0n) is 17.9. The third-order valence-corrected chi connectivity index (χ3v) is 4.90. The lowest BCUT2D eigenvalue weighted by molar-refractivity contribution is 0.265. The summed E-state index contributed by atoms with van der Waals surface area (Å²) in [5.74, 6) is 3.39. The van der Waals surface area contributed by atoms with E-state index in [9.17, 15) is 0 Å². The number of aryl methyl sites for hydroxylation is 2. The molecule has 30 heavy (non-hydrogen) atoms. The van der Waals surface area contributed by atoms with Gasteiger partial charge in [0.2, 0.25) is 5.75 Å². The van der Waals surface area contributed by atoms with Crippen LogP contribution in [0.3, 0.4) is 0 Å². The third kappa shape index (κ3) is 5.17. The van der Waals surface area contributed by atoms with Crippen molar-refractivity contribution in [2.45, 2.75) is 19.4 Å². The smallest absolute Gasteiger partial charge is 0.203 e. The molecular weight excluding hydrogens is 380 g/mol. The summed E-state index contributed by atoms with van der Waals surface area (Å²) in [6.07, 6.45) is 1.66.